The molecule has 0 aliphatic carbocycles. The van der Waals surface area contributed by atoms with Crippen LogP contribution in [0.3, 0.4) is 0 Å². The Morgan fingerprint density at radius 2 is 1.96 bits per heavy atom. The van der Waals surface area contributed by atoms with Crippen LogP contribution in [0.5, 0.6) is 0 Å². The highest BCUT2D eigenvalue weighted by Gasteiger charge is 2.11. The van der Waals surface area contributed by atoms with Crippen LogP contribution in [-0.4, -0.2) is 12.1 Å². The summed E-state index contributed by atoms with van der Waals surface area (Å²) in [6.07, 6.45) is 1.66. The second-order valence-corrected chi connectivity index (χ2v) is 5.63. The highest BCUT2D eigenvalue weighted by Crippen LogP contribution is 2.33. The minimum absolute atomic E-state index is 0.614. The summed E-state index contributed by atoms with van der Waals surface area (Å²) in [6.45, 7) is 3.97. The second kappa shape index (κ2) is 6.30. The van der Waals surface area contributed by atoms with Crippen molar-refractivity contribution in [3.63, 3.8) is 0 Å². The van der Waals surface area contributed by atoms with Crippen LogP contribution < -0.4 is 10.8 Å². The lowest BCUT2D eigenvalue weighted by Gasteiger charge is -2.13. The molecular formula is C20H17N3O2. The molecule has 0 saturated carbocycles. The number of para-hydroxylation sites is 1. The van der Waals surface area contributed by atoms with E-state index in [4.69, 9.17) is 9.25 Å². The summed E-state index contributed by atoms with van der Waals surface area (Å²) in [6, 6.07) is 17.9. The first-order chi connectivity index (χ1) is 12.3. The van der Waals surface area contributed by atoms with Crippen LogP contribution in [-0.2, 0) is 4.84 Å². The molecule has 0 unspecified atom stereocenters. The van der Waals surface area contributed by atoms with Crippen molar-refractivity contribution in [1.82, 2.24) is 10.5 Å². The summed E-state index contributed by atoms with van der Waals surface area (Å²) >= 11 is 0. The molecule has 2 aromatic carbocycles. The third-order valence-electron chi connectivity index (χ3n) is 4.02. The van der Waals surface area contributed by atoms with E-state index in [2.05, 4.69) is 22.4 Å². The van der Waals surface area contributed by atoms with Gasteiger partial charge >= 0.3 is 0 Å². The summed E-state index contributed by atoms with van der Waals surface area (Å²) in [7, 11) is 1.56. The Balaban J connectivity index is 1.81. The van der Waals surface area contributed by atoms with Crippen LogP contribution in [0.4, 0.5) is 11.4 Å². The van der Waals surface area contributed by atoms with Crippen molar-refractivity contribution in [1.29, 1.82) is 0 Å². The van der Waals surface area contributed by atoms with Crippen molar-refractivity contribution in [3.8, 4) is 0 Å². The van der Waals surface area contributed by atoms with Gasteiger partial charge in [0.25, 0.3) is 0 Å². The molecular weight excluding hydrogens is 314 g/mol. The first kappa shape index (κ1) is 15.2. The fourth-order valence-electron chi connectivity index (χ4n) is 2.86. The number of benzene rings is 2. The lowest BCUT2D eigenvalue weighted by Crippen LogP contribution is -2.08. The van der Waals surface area contributed by atoms with Crippen LogP contribution >= 0.6 is 0 Å². The lowest BCUT2D eigenvalue weighted by atomic mass is 10.1. The number of pyridine rings is 1. The van der Waals surface area contributed by atoms with Crippen LogP contribution in [0.15, 0.2) is 71.9 Å². The Labute approximate surface area is 144 Å². The highest BCUT2D eigenvalue weighted by molar-refractivity contribution is 6.07. The van der Waals surface area contributed by atoms with Gasteiger partial charge < -0.3 is 9.73 Å². The molecule has 25 heavy (non-hydrogen) atoms. The van der Waals surface area contributed by atoms with Gasteiger partial charge in [0, 0.05) is 16.6 Å². The average molecular weight is 331 g/mol. The zero-order valence-corrected chi connectivity index (χ0v) is 13.7. The van der Waals surface area contributed by atoms with Crippen LogP contribution in [0.1, 0.15) is 5.56 Å². The molecule has 0 fully saturated rings. The molecule has 0 bridgehead atoms. The SMILES string of the molecule is C=C(NOC)c1cccc(Nc2c3ccccc3nc3occc23)c1. The molecule has 4 rings (SSSR count). The van der Waals surface area contributed by atoms with Crippen LogP contribution in [0.2, 0.25) is 0 Å². The Bertz CT molecular complexity index is 1070. The van der Waals surface area contributed by atoms with E-state index in [1.807, 2.05) is 54.6 Å². The number of nitrogens with one attached hydrogen (secondary N) is 2. The molecule has 5 nitrogen and oxygen atoms in total. The maximum atomic E-state index is 5.51. The highest BCUT2D eigenvalue weighted by atomic mass is 16.6. The van der Waals surface area contributed by atoms with E-state index < -0.39 is 0 Å². The average Bonchev–Trinajstić information content (AvgIpc) is 3.10. The van der Waals surface area contributed by atoms with Crippen molar-refractivity contribution < 1.29 is 9.25 Å². The first-order valence-corrected chi connectivity index (χ1v) is 7.87. The molecule has 2 aromatic heterocycles. The molecule has 124 valence electrons. The maximum absolute atomic E-state index is 5.51. The molecule has 0 radical (unpaired) electrons. The Morgan fingerprint density at radius 1 is 1.08 bits per heavy atom. The number of hydroxylamine groups is 1. The zero-order valence-electron chi connectivity index (χ0n) is 13.7. The fourth-order valence-corrected chi connectivity index (χ4v) is 2.86. The molecule has 5 heteroatoms. The summed E-state index contributed by atoms with van der Waals surface area (Å²) in [5.74, 6) is 0. The smallest absolute Gasteiger partial charge is 0.228 e. The summed E-state index contributed by atoms with van der Waals surface area (Å²) in [5, 5.41) is 5.48. The molecule has 0 amide bonds. The van der Waals surface area contributed by atoms with E-state index in [9.17, 15) is 0 Å². The number of nitrogens with zero attached hydrogens (tertiary/aromatic N) is 1. The van der Waals surface area contributed by atoms with E-state index in [-0.39, 0.29) is 0 Å². The Kier molecular flexibility index (Phi) is 3.84. The minimum atomic E-state index is 0.614. The minimum Gasteiger partial charge on any atom is -0.446 e. The van der Waals surface area contributed by atoms with Crippen molar-refractivity contribution in [3.05, 3.63) is 73.0 Å². The lowest BCUT2D eigenvalue weighted by molar-refractivity contribution is 0.137. The van der Waals surface area contributed by atoms with Crippen LogP contribution in [0.25, 0.3) is 27.7 Å². The van der Waals surface area contributed by atoms with Gasteiger partial charge in [-0.25, -0.2) is 4.98 Å². The standard InChI is InChI=1S/C20H17N3O2/c1-13(23-24-2)14-6-5-7-15(12-14)21-19-16-8-3-4-9-18(16)22-20-17(19)10-11-25-20/h3-12,23H,1H2,2H3,(H,21,22). The molecule has 0 spiro atoms. The summed E-state index contributed by atoms with van der Waals surface area (Å²) in [5.41, 5.74) is 7.80. The van der Waals surface area contributed by atoms with E-state index in [0.717, 1.165) is 33.2 Å². The number of rotatable bonds is 5. The van der Waals surface area contributed by atoms with Crippen molar-refractivity contribution in [2.75, 3.05) is 12.4 Å². The van der Waals surface area contributed by atoms with Gasteiger partial charge in [0.1, 0.15) is 0 Å². The topological polar surface area (TPSA) is 59.3 Å². The van der Waals surface area contributed by atoms with Crippen molar-refractivity contribution >= 4 is 39.1 Å². The molecule has 2 N–H and O–H groups in total. The largest absolute Gasteiger partial charge is 0.446 e. The quantitative estimate of drug-likeness (QED) is 0.512. The summed E-state index contributed by atoms with van der Waals surface area (Å²) in [4.78, 5) is 9.49. The number of hydrogen-bond donors (Lipinski definition) is 2. The van der Waals surface area contributed by atoms with E-state index in [1.165, 1.54) is 0 Å². The molecule has 0 atom stereocenters. The summed E-state index contributed by atoms with van der Waals surface area (Å²) < 4.78 is 5.51. The van der Waals surface area contributed by atoms with Gasteiger partial charge in [-0.05, 0) is 24.3 Å². The van der Waals surface area contributed by atoms with E-state index in [1.54, 1.807) is 13.4 Å². The second-order valence-electron chi connectivity index (χ2n) is 5.63. The normalized spacial score (nSPS) is 10.9. The molecule has 0 saturated heterocycles. The number of fused-ring (bicyclic) bond motifs is 2. The number of aromatic nitrogens is 1. The van der Waals surface area contributed by atoms with Gasteiger partial charge in [-0.15, -0.1) is 0 Å². The Morgan fingerprint density at radius 3 is 2.84 bits per heavy atom. The third-order valence-corrected chi connectivity index (χ3v) is 4.02. The zero-order chi connectivity index (χ0) is 17.2. The molecule has 0 aliphatic rings. The first-order valence-electron chi connectivity index (χ1n) is 7.87. The molecule has 2 heterocycles. The number of furan rings is 1. The van der Waals surface area contributed by atoms with E-state index >= 15 is 0 Å². The van der Waals surface area contributed by atoms with Gasteiger partial charge in [0.15, 0.2) is 0 Å². The van der Waals surface area contributed by atoms with Crippen molar-refractivity contribution in [2.24, 2.45) is 0 Å². The van der Waals surface area contributed by atoms with Gasteiger partial charge in [0.05, 0.1) is 35.7 Å². The van der Waals surface area contributed by atoms with Gasteiger partial charge in [0.2, 0.25) is 5.71 Å². The van der Waals surface area contributed by atoms with Crippen molar-refractivity contribution in [2.45, 2.75) is 0 Å². The third kappa shape index (κ3) is 2.81. The number of hydrogen-bond acceptors (Lipinski definition) is 5. The van der Waals surface area contributed by atoms with Gasteiger partial charge in [-0.1, -0.05) is 36.9 Å². The van der Waals surface area contributed by atoms with Gasteiger partial charge in [-0.3, -0.25) is 10.3 Å². The molecule has 0 aliphatic heterocycles. The Hall–Kier alpha value is -3.31. The predicted octanol–water partition coefficient (Wildman–Crippen LogP) is 4.85. The predicted molar refractivity (Wildman–Crippen MR) is 100 cm³/mol. The number of anilines is 2. The molecule has 4 aromatic rings. The van der Waals surface area contributed by atoms with Gasteiger partial charge in [-0.2, -0.15) is 0 Å². The fraction of sp³-hybridized carbons (Fsp3) is 0.0500. The maximum Gasteiger partial charge on any atom is 0.228 e. The monoisotopic (exact) mass is 331 g/mol. The van der Waals surface area contributed by atoms with Crippen LogP contribution in [0, 0.1) is 0 Å². The van der Waals surface area contributed by atoms with E-state index in [0.29, 0.717) is 11.4 Å².